The summed E-state index contributed by atoms with van der Waals surface area (Å²) in [5.74, 6) is 8.38. The van der Waals surface area contributed by atoms with Gasteiger partial charge in [0, 0.05) is 41.6 Å². The molecule has 0 unspecified atom stereocenters. The summed E-state index contributed by atoms with van der Waals surface area (Å²) in [6, 6.07) is 15.3. The number of H-pyrrole nitrogens is 2. The van der Waals surface area contributed by atoms with E-state index in [9.17, 15) is 4.39 Å². The first-order valence-corrected chi connectivity index (χ1v) is 16.4. The topological polar surface area (TPSA) is 98.4 Å². The van der Waals surface area contributed by atoms with Crippen LogP contribution in [-0.2, 0) is 13.0 Å². The van der Waals surface area contributed by atoms with Gasteiger partial charge in [0.1, 0.15) is 11.5 Å². The van der Waals surface area contributed by atoms with E-state index in [1.165, 1.54) is 17.7 Å². The van der Waals surface area contributed by atoms with Crippen LogP contribution in [0.5, 0.6) is 0 Å². The Labute approximate surface area is 251 Å². The number of hydrogen-bond donors (Lipinski definition) is 3. The van der Waals surface area contributed by atoms with Crippen LogP contribution in [0.25, 0.3) is 55.8 Å². The number of nitrogens with one attached hydrogen (secondary N) is 3. The van der Waals surface area contributed by atoms with Gasteiger partial charge in [0.05, 0.1) is 11.0 Å². The lowest BCUT2D eigenvalue weighted by Gasteiger charge is -2.12. The molecule has 0 aliphatic carbocycles. The minimum Gasteiger partial charge on any atom is -0.335 e. The number of aromatic amines is 2. The average Bonchev–Trinajstić information content (AvgIpc) is 3.59. The molecule has 0 aliphatic rings. The normalized spacial score (nSPS) is 12.1. The smallest absolute Gasteiger partial charge is 0.178 e. The number of benzene rings is 2. The van der Waals surface area contributed by atoms with Crippen LogP contribution in [0.1, 0.15) is 17.5 Å². The van der Waals surface area contributed by atoms with Crippen molar-refractivity contribution in [1.29, 1.82) is 0 Å². The number of aryl methyl sites for hydroxylation is 1. The molecule has 0 radical (unpaired) electrons. The summed E-state index contributed by atoms with van der Waals surface area (Å²) in [5, 5.41) is 8.67. The van der Waals surface area contributed by atoms with Gasteiger partial charge in [0.15, 0.2) is 11.5 Å². The minimum absolute atomic E-state index is 0.314. The second-order valence-electron chi connectivity index (χ2n) is 11.4. The third-order valence-corrected chi connectivity index (χ3v) is 8.11. The summed E-state index contributed by atoms with van der Waals surface area (Å²) in [6.45, 7) is 1.51. The Kier molecular flexibility index (Phi) is 7.83. The van der Waals surface area contributed by atoms with Crippen LogP contribution in [-0.4, -0.2) is 73.7 Å². The van der Waals surface area contributed by atoms with Gasteiger partial charge in [-0.25, -0.2) is 14.4 Å². The molecular weight excluding hydrogens is 559 g/mol. The van der Waals surface area contributed by atoms with Crippen molar-refractivity contribution in [3.63, 3.8) is 0 Å². The summed E-state index contributed by atoms with van der Waals surface area (Å²) < 4.78 is 18.0. The number of rotatable bonds is 10. The zero-order valence-corrected chi connectivity index (χ0v) is 25.4. The number of hydrogen-bond acceptors (Lipinski definition) is 6. The molecule has 0 amide bonds. The van der Waals surface area contributed by atoms with Crippen molar-refractivity contribution in [3.8, 4) is 33.8 Å². The molecule has 43 heavy (non-hydrogen) atoms. The molecule has 8 nitrogen and oxygen atoms in total. The molecular formula is C33H35FN8S. The van der Waals surface area contributed by atoms with Crippen LogP contribution in [0.3, 0.4) is 0 Å². The van der Waals surface area contributed by atoms with E-state index in [2.05, 4.69) is 78.8 Å². The van der Waals surface area contributed by atoms with E-state index < -0.39 is 9.39 Å². The monoisotopic (exact) mass is 594 g/mol. The Morgan fingerprint density at radius 3 is 2.63 bits per heavy atom. The number of imidazole rings is 1. The predicted octanol–water partition coefficient (Wildman–Crippen LogP) is 6.17. The van der Waals surface area contributed by atoms with Crippen LogP contribution in [0.4, 0.5) is 4.39 Å². The van der Waals surface area contributed by atoms with Gasteiger partial charge < -0.3 is 9.88 Å². The molecule has 0 saturated carbocycles. The standard InChI is InChI=1S/C33H35FN8S/c1-42(2)12-6-7-21-13-25(20-35-18-21)23-8-9-29-28(17-23)31(41-40-29)33-38-30-27(10-11-36-32(30)39-33)24-14-22(15-26(34)16-24)19-37-43(3,4)5/h8-11,13-18,20,37H,3-4,6-7,12,19H2,1-2,5H3,(H,40,41)(H,36,38,39). The summed E-state index contributed by atoms with van der Waals surface area (Å²) in [5.41, 5.74) is 8.51. The van der Waals surface area contributed by atoms with Crippen molar-refractivity contribution in [3.05, 3.63) is 84.1 Å². The fourth-order valence-electron chi connectivity index (χ4n) is 5.18. The Morgan fingerprint density at radius 2 is 1.81 bits per heavy atom. The molecule has 6 aromatic rings. The molecule has 0 spiro atoms. The van der Waals surface area contributed by atoms with E-state index in [1.807, 2.05) is 36.8 Å². The SMILES string of the molecule is C=S(=C)(C)NCc1cc(F)cc(-c2ccnc3nc(-c4n[nH]c5ccc(-c6cncc(CCCN(C)C)c6)cc45)[nH]c23)c1. The van der Waals surface area contributed by atoms with Crippen LogP contribution in [0.15, 0.2) is 67.1 Å². The Bertz CT molecular complexity index is 2040. The molecule has 0 atom stereocenters. The fourth-order valence-corrected chi connectivity index (χ4v) is 5.70. The van der Waals surface area contributed by atoms with Gasteiger partial charge in [-0.15, -0.1) is 0 Å². The second kappa shape index (κ2) is 11.7. The molecule has 2 aromatic carbocycles. The first kappa shape index (κ1) is 28.7. The van der Waals surface area contributed by atoms with Gasteiger partial charge in [-0.3, -0.25) is 14.8 Å². The molecule has 0 saturated heterocycles. The largest absolute Gasteiger partial charge is 0.335 e. The van der Waals surface area contributed by atoms with Crippen molar-refractivity contribution in [1.82, 2.24) is 39.8 Å². The van der Waals surface area contributed by atoms with Gasteiger partial charge >= 0.3 is 0 Å². The van der Waals surface area contributed by atoms with Crippen molar-refractivity contribution in [2.45, 2.75) is 19.4 Å². The Balaban J connectivity index is 1.35. The molecule has 6 rings (SSSR count). The number of fused-ring (bicyclic) bond motifs is 2. The maximum Gasteiger partial charge on any atom is 0.178 e. The zero-order chi connectivity index (χ0) is 30.1. The maximum absolute atomic E-state index is 14.7. The summed E-state index contributed by atoms with van der Waals surface area (Å²) in [7, 11) is 2.75. The fraction of sp³-hybridized carbons (Fsp3) is 0.212. The number of pyridine rings is 2. The van der Waals surface area contributed by atoms with Crippen LogP contribution in [0.2, 0.25) is 0 Å². The predicted molar refractivity (Wildman–Crippen MR) is 179 cm³/mol. The number of nitrogens with zero attached hydrogens (tertiary/aromatic N) is 5. The van der Waals surface area contributed by atoms with E-state index in [4.69, 9.17) is 4.98 Å². The third kappa shape index (κ3) is 6.51. The van der Waals surface area contributed by atoms with E-state index in [-0.39, 0.29) is 5.82 Å². The highest BCUT2D eigenvalue weighted by atomic mass is 32.2. The minimum atomic E-state index is -1.43. The summed E-state index contributed by atoms with van der Waals surface area (Å²) in [6.07, 6.45) is 9.53. The van der Waals surface area contributed by atoms with Crippen LogP contribution < -0.4 is 4.72 Å². The van der Waals surface area contributed by atoms with E-state index in [0.717, 1.165) is 58.1 Å². The Hall–Kier alpha value is -4.38. The molecule has 10 heteroatoms. The van der Waals surface area contributed by atoms with Gasteiger partial charge in [-0.1, -0.05) is 17.8 Å². The molecule has 4 heterocycles. The quantitative estimate of drug-likeness (QED) is 0.164. The molecule has 0 aliphatic heterocycles. The van der Waals surface area contributed by atoms with E-state index in [1.54, 1.807) is 6.20 Å². The highest BCUT2D eigenvalue weighted by molar-refractivity contribution is 8.25. The van der Waals surface area contributed by atoms with E-state index >= 15 is 0 Å². The van der Waals surface area contributed by atoms with Crippen molar-refractivity contribution in [2.24, 2.45) is 0 Å². The van der Waals surface area contributed by atoms with Gasteiger partial charge in [-0.05, 0) is 104 Å². The van der Waals surface area contributed by atoms with Gasteiger partial charge in [-0.2, -0.15) is 14.5 Å². The highest BCUT2D eigenvalue weighted by Gasteiger charge is 2.17. The van der Waals surface area contributed by atoms with Crippen molar-refractivity contribution < 1.29 is 4.39 Å². The lowest BCUT2D eigenvalue weighted by atomic mass is 10.0. The summed E-state index contributed by atoms with van der Waals surface area (Å²) >= 11 is 0. The number of halogens is 1. The maximum atomic E-state index is 14.7. The van der Waals surface area contributed by atoms with Crippen molar-refractivity contribution in [2.75, 3.05) is 26.9 Å². The Morgan fingerprint density at radius 1 is 0.977 bits per heavy atom. The lowest BCUT2D eigenvalue weighted by Crippen LogP contribution is -2.13. The molecule has 4 aromatic heterocycles. The van der Waals surface area contributed by atoms with Crippen molar-refractivity contribution >= 4 is 43.2 Å². The van der Waals surface area contributed by atoms with Crippen LogP contribution in [0, 0.1) is 5.82 Å². The molecule has 0 bridgehead atoms. The average molecular weight is 595 g/mol. The summed E-state index contributed by atoms with van der Waals surface area (Å²) in [4.78, 5) is 19.4. The molecule has 3 N–H and O–H groups in total. The van der Waals surface area contributed by atoms with E-state index in [0.29, 0.717) is 29.2 Å². The first-order chi connectivity index (χ1) is 20.6. The molecule has 220 valence electrons. The zero-order valence-electron chi connectivity index (χ0n) is 24.6. The second-order valence-corrected chi connectivity index (χ2v) is 14.2. The molecule has 0 fully saturated rings. The number of aromatic nitrogens is 6. The van der Waals surface area contributed by atoms with Crippen LogP contribution >= 0.6 is 9.39 Å². The third-order valence-electron chi connectivity index (χ3n) is 7.27. The lowest BCUT2D eigenvalue weighted by molar-refractivity contribution is 0.400. The van der Waals surface area contributed by atoms with Gasteiger partial charge in [0.25, 0.3) is 0 Å². The first-order valence-electron chi connectivity index (χ1n) is 14.0. The van der Waals surface area contributed by atoms with Gasteiger partial charge in [0.2, 0.25) is 0 Å². The highest BCUT2D eigenvalue weighted by Crippen LogP contribution is 2.33.